The molecule has 0 atom stereocenters. The van der Waals surface area contributed by atoms with E-state index in [-0.39, 0.29) is 5.69 Å². The summed E-state index contributed by atoms with van der Waals surface area (Å²) in [4.78, 5) is 10.9. The van der Waals surface area contributed by atoms with Crippen molar-refractivity contribution in [2.24, 2.45) is 11.7 Å². The van der Waals surface area contributed by atoms with Gasteiger partial charge in [0.2, 0.25) is 0 Å². The van der Waals surface area contributed by atoms with Crippen LogP contribution in [0.2, 0.25) is 0 Å². The van der Waals surface area contributed by atoms with E-state index in [2.05, 4.69) is 24.2 Å². The molecule has 1 aromatic heterocycles. The fraction of sp³-hybridized carbons (Fsp3) is 0.727. The van der Waals surface area contributed by atoms with Crippen LogP contribution in [0.25, 0.3) is 0 Å². The summed E-state index contributed by atoms with van der Waals surface area (Å²) >= 11 is 0. The van der Waals surface area contributed by atoms with Gasteiger partial charge in [0.25, 0.3) is 0 Å². The largest absolute Gasteiger partial charge is 0.476 e. The maximum atomic E-state index is 10.9. The van der Waals surface area contributed by atoms with Gasteiger partial charge in [0.15, 0.2) is 5.69 Å². The third-order valence-corrected chi connectivity index (χ3v) is 2.57. The molecule has 1 heterocycles. The Morgan fingerprint density at radius 3 is 2.76 bits per heavy atom. The van der Waals surface area contributed by atoms with Crippen molar-refractivity contribution in [3.63, 3.8) is 0 Å². The zero-order valence-electron chi connectivity index (χ0n) is 10.4. The van der Waals surface area contributed by atoms with Gasteiger partial charge in [0, 0.05) is 13.0 Å². The number of aryl methyl sites for hydroxylation is 1. The summed E-state index contributed by atoms with van der Waals surface area (Å²) in [5, 5.41) is 16.5. The molecule has 6 heteroatoms. The lowest BCUT2D eigenvalue weighted by Crippen LogP contribution is -2.13. The number of carboxylic acid groups (broad SMARTS) is 1. The highest BCUT2D eigenvalue weighted by Crippen LogP contribution is 2.10. The number of nitrogens with two attached hydrogens (primary N) is 1. The molecule has 0 aliphatic rings. The SMILES string of the molecule is CC(C)CCCn1nnc(C(=O)O)c1CCN. The van der Waals surface area contributed by atoms with Crippen LogP contribution in [0.15, 0.2) is 0 Å². The van der Waals surface area contributed by atoms with E-state index in [1.807, 2.05) is 0 Å². The third kappa shape index (κ3) is 3.81. The summed E-state index contributed by atoms with van der Waals surface area (Å²) in [6, 6.07) is 0. The Bertz CT molecular complexity index is 374. The molecule has 96 valence electrons. The summed E-state index contributed by atoms with van der Waals surface area (Å²) < 4.78 is 1.67. The molecule has 17 heavy (non-hydrogen) atoms. The van der Waals surface area contributed by atoms with Gasteiger partial charge in [-0.1, -0.05) is 19.1 Å². The lowest BCUT2D eigenvalue weighted by atomic mass is 10.1. The highest BCUT2D eigenvalue weighted by molar-refractivity contribution is 5.86. The minimum Gasteiger partial charge on any atom is -0.476 e. The monoisotopic (exact) mass is 240 g/mol. The number of rotatable bonds is 7. The van der Waals surface area contributed by atoms with Gasteiger partial charge in [0.1, 0.15) is 0 Å². The first-order valence-corrected chi connectivity index (χ1v) is 5.92. The normalized spacial score (nSPS) is 11.1. The van der Waals surface area contributed by atoms with Crippen LogP contribution in [0.5, 0.6) is 0 Å². The van der Waals surface area contributed by atoms with E-state index in [1.54, 1.807) is 4.68 Å². The molecule has 0 saturated carbocycles. The quantitative estimate of drug-likeness (QED) is 0.739. The van der Waals surface area contributed by atoms with Crippen LogP contribution in [-0.4, -0.2) is 32.6 Å². The van der Waals surface area contributed by atoms with E-state index in [0.29, 0.717) is 31.1 Å². The van der Waals surface area contributed by atoms with Crippen LogP contribution in [0, 0.1) is 5.92 Å². The predicted molar refractivity (Wildman–Crippen MR) is 63.8 cm³/mol. The van der Waals surface area contributed by atoms with Crippen molar-refractivity contribution in [3.8, 4) is 0 Å². The Labute approximate surface area is 101 Å². The van der Waals surface area contributed by atoms with E-state index >= 15 is 0 Å². The van der Waals surface area contributed by atoms with Crippen LogP contribution in [0.4, 0.5) is 0 Å². The first kappa shape index (κ1) is 13.6. The molecule has 0 bridgehead atoms. The number of nitrogens with zero attached hydrogens (tertiary/aromatic N) is 3. The van der Waals surface area contributed by atoms with Crippen LogP contribution < -0.4 is 5.73 Å². The summed E-state index contributed by atoms with van der Waals surface area (Å²) in [5.74, 6) is -0.404. The van der Waals surface area contributed by atoms with Crippen LogP contribution >= 0.6 is 0 Å². The fourth-order valence-electron chi connectivity index (χ4n) is 1.71. The van der Waals surface area contributed by atoms with Gasteiger partial charge >= 0.3 is 5.97 Å². The topological polar surface area (TPSA) is 94.0 Å². The fourth-order valence-corrected chi connectivity index (χ4v) is 1.71. The van der Waals surface area contributed by atoms with Crippen LogP contribution in [0.3, 0.4) is 0 Å². The molecule has 3 N–H and O–H groups in total. The first-order valence-electron chi connectivity index (χ1n) is 5.92. The number of hydrogen-bond donors (Lipinski definition) is 2. The standard InChI is InChI=1S/C11H20N4O2/c1-8(2)4-3-7-15-9(5-6-12)10(11(16)17)13-14-15/h8H,3-7,12H2,1-2H3,(H,16,17). The highest BCUT2D eigenvalue weighted by Gasteiger charge is 2.17. The summed E-state index contributed by atoms with van der Waals surface area (Å²) in [5.41, 5.74) is 6.13. The number of carboxylic acids is 1. The van der Waals surface area contributed by atoms with Crippen molar-refractivity contribution < 1.29 is 9.90 Å². The van der Waals surface area contributed by atoms with Crippen LogP contribution in [-0.2, 0) is 13.0 Å². The molecule has 0 fully saturated rings. The summed E-state index contributed by atoms with van der Waals surface area (Å²) in [6.07, 6.45) is 2.55. The molecule has 0 saturated heterocycles. The van der Waals surface area contributed by atoms with E-state index in [9.17, 15) is 4.79 Å². The minimum absolute atomic E-state index is 0.0278. The zero-order chi connectivity index (χ0) is 12.8. The Morgan fingerprint density at radius 1 is 1.53 bits per heavy atom. The van der Waals surface area contributed by atoms with Gasteiger partial charge in [0.05, 0.1) is 5.69 Å². The second-order valence-corrected chi connectivity index (χ2v) is 4.49. The van der Waals surface area contributed by atoms with Gasteiger partial charge in [-0.25, -0.2) is 9.48 Å². The van der Waals surface area contributed by atoms with E-state index in [1.165, 1.54) is 0 Å². The Morgan fingerprint density at radius 2 is 2.24 bits per heavy atom. The van der Waals surface area contributed by atoms with Gasteiger partial charge in [-0.15, -0.1) is 5.10 Å². The van der Waals surface area contributed by atoms with E-state index in [0.717, 1.165) is 12.8 Å². The Kier molecular flexibility index (Phi) is 5.09. The lowest BCUT2D eigenvalue weighted by Gasteiger charge is -2.07. The number of aromatic carboxylic acids is 1. The number of carbonyl (C=O) groups is 1. The zero-order valence-corrected chi connectivity index (χ0v) is 10.4. The van der Waals surface area contributed by atoms with Crippen molar-refractivity contribution in [3.05, 3.63) is 11.4 Å². The van der Waals surface area contributed by atoms with Crippen molar-refractivity contribution in [1.29, 1.82) is 0 Å². The molecule has 1 rings (SSSR count). The second kappa shape index (κ2) is 6.34. The molecule has 1 aromatic rings. The average molecular weight is 240 g/mol. The molecule has 0 spiro atoms. The Balaban J connectivity index is 2.73. The maximum Gasteiger partial charge on any atom is 0.358 e. The van der Waals surface area contributed by atoms with Crippen molar-refractivity contribution >= 4 is 5.97 Å². The molecular weight excluding hydrogens is 220 g/mol. The molecule has 0 aromatic carbocycles. The van der Waals surface area contributed by atoms with Crippen molar-refractivity contribution in [1.82, 2.24) is 15.0 Å². The lowest BCUT2D eigenvalue weighted by molar-refractivity contribution is 0.0689. The van der Waals surface area contributed by atoms with Gasteiger partial charge in [-0.2, -0.15) is 0 Å². The second-order valence-electron chi connectivity index (χ2n) is 4.49. The molecule has 0 amide bonds. The van der Waals surface area contributed by atoms with Crippen LogP contribution in [0.1, 0.15) is 42.9 Å². The van der Waals surface area contributed by atoms with Gasteiger partial charge < -0.3 is 10.8 Å². The Hall–Kier alpha value is -1.43. The smallest absolute Gasteiger partial charge is 0.358 e. The van der Waals surface area contributed by atoms with Gasteiger partial charge in [-0.05, 0) is 25.3 Å². The third-order valence-electron chi connectivity index (χ3n) is 2.57. The van der Waals surface area contributed by atoms with E-state index < -0.39 is 5.97 Å². The summed E-state index contributed by atoms with van der Waals surface area (Å²) in [7, 11) is 0. The first-order chi connectivity index (χ1) is 8.06. The minimum atomic E-state index is -1.04. The molecule has 6 nitrogen and oxygen atoms in total. The molecular formula is C11H20N4O2. The highest BCUT2D eigenvalue weighted by atomic mass is 16.4. The maximum absolute atomic E-state index is 10.9. The number of hydrogen-bond acceptors (Lipinski definition) is 4. The van der Waals surface area contributed by atoms with Crippen molar-refractivity contribution in [2.45, 2.75) is 39.7 Å². The molecule has 0 radical (unpaired) electrons. The van der Waals surface area contributed by atoms with E-state index in [4.69, 9.17) is 10.8 Å². The molecule has 0 aliphatic heterocycles. The summed E-state index contributed by atoms with van der Waals surface area (Å²) in [6.45, 7) is 5.42. The van der Waals surface area contributed by atoms with Gasteiger partial charge in [-0.3, -0.25) is 0 Å². The molecule has 0 aliphatic carbocycles. The predicted octanol–water partition coefficient (Wildman–Crippen LogP) is 0.914. The average Bonchev–Trinajstić information content (AvgIpc) is 2.62. The van der Waals surface area contributed by atoms with Crippen molar-refractivity contribution in [2.75, 3.05) is 6.54 Å². The molecule has 0 unspecified atom stereocenters. The number of aromatic nitrogens is 3.